The van der Waals surface area contributed by atoms with Crippen LogP contribution in [-0.4, -0.2) is 39.0 Å². The van der Waals surface area contributed by atoms with Crippen LogP contribution in [0.15, 0.2) is 0 Å². The Kier molecular flexibility index (Phi) is 17.2. The van der Waals surface area contributed by atoms with Gasteiger partial charge in [-0.1, -0.05) is 13.3 Å². The molecule has 0 fully saturated rings. The van der Waals surface area contributed by atoms with Gasteiger partial charge in [-0.3, -0.25) is 0 Å². The Morgan fingerprint density at radius 1 is 0.810 bits per heavy atom. The molecule has 0 amide bonds. The zero-order valence-corrected chi connectivity index (χ0v) is 16.5. The Morgan fingerprint density at radius 2 is 1.24 bits per heavy atom. The molecule has 0 saturated heterocycles. The molecule has 21 heavy (non-hydrogen) atoms. The Bertz CT molecular complexity index is 231. The van der Waals surface area contributed by atoms with Gasteiger partial charge in [-0.15, -0.1) is 0 Å². The van der Waals surface area contributed by atoms with Crippen LogP contribution in [0.3, 0.4) is 0 Å². The number of hydrogen-bond donors (Lipinski definition) is 1. The first-order valence-corrected chi connectivity index (χ1v) is 10.5. The average Bonchev–Trinajstić information content (AvgIpc) is 2.44. The van der Waals surface area contributed by atoms with Gasteiger partial charge in [0.05, 0.1) is 0 Å². The fraction of sp³-hybridized carbons (Fsp3) is 0.944. The van der Waals surface area contributed by atoms with E-state index < -0.39 is 5.97 Å². The average molecular weight is 306 g/mol. The van der Waals surface area contributed by atoms with Crippen molar-refractivity contribution >= 4 is 33.9 Å². The van der Waals surface area contributed by atoms with Gasteiger partial charge in [0.1, 0.15) is 0 Å². The van der Waals surface area contributed by atoms with E-state index in [0.717, 1.165) is 16.0 Å². The summed E-state index contributed by atoms with van der Waals surface area (Å²) in [4.78, 5) is 10.5. The summed E-state index contributed by atoms with van der Waals surface area (Å²) in [6.45, 7) is 2.27. The molecule has 0 heterocycles. The second kappa shape index (κ2) is 16.8. The minimum atomic E-state index is -0.640. The standard InChI is InChI=1S/C18H35O2.Na/c1-2-3-4-5-6-7-8-9-10-11-12-13-14-15-16-17-18(19)20;/h14H,2-13,15-17H2,1H3,(H,19,20);. The molecule has 0 bridgehead atoms. The number of carbonyl (C=O) groups is 1. The van der Waals surface area contributed by atoms with Crippen LogP contribution in [-0.2, 0) is 4.79 Å². The molecule has 0 aliphatic carbocycles. The summed E-state index contributed by atoms with van der Waals surface area (Å²) in [7, 11) is 0. The Morgan fingerprint density at radius 3 is 1.71 bits per heavy atom. The topological polar surface area (TPSA) is 37.3 Å². The van der Waals surface area contributed by atoms with Crippen LogP contribution in [0.2, 0.25) is 3.17 Å². The fourth-order valence-corrected chi connectivity index (χ4v) is 3.72. The number of rotatable bonds is 16. The van der Waals surface area contributed by atoms with E-state index in [1.165, 1.54) is 105 Å². The van der Waals surface area contributed by atoms with E-state index in [2.05, 4.69) is 6.92 Å². The third-order valence-corrected chi connectivity index (χ3v) is 5.54. The molecule has 0 rings (SSSR count). The number of carboxylic acid groups (broad SMARTS) is 1. The molecule has 0 spiro atoms. The van der Waals surface area contributed by atoms with Gasteiger partial charge >= 0.3 is 137 Å². The number of unbranched alkanes of at least 4 members (excludes halogenated alkanes) is 10. The van der Waals surface area contributed by atoms with E-state index in [1.807, 2.05) is 0 Å². The molecular weight excluding hydrogens is 271 g/mol. The number of hydrogen-bond acceptors (Lipinski definition) is 1. The van der Waals surface area contributed by atoms with E-state index in [9.17, 15) is 4.79 Å². The van der Waals surface area contributed by atoms with Crippen LogP contribution >= 0.6 is 0 Å². The van der Waals surface area contributed by atoms with Gasteiger partial charge in [0, 0.05) is 0 Å². The molecule has 0 aromatic carbocycles. The predicted octanol–water partition coefficient (Wildman–Crippen LogP) is 5.90. The second-order valence-electron chi connectivity index (χ2n) is 6.72. The van der Waals surface area contributed by atoms with Crippen molar-refractivity contribution in [3.8, 4) is 0 Å². The van der Waals surface area contributed by atoms with E-state index in [4.69, 9.17) is 5.11 Å². The molecule has 0 saturated carbocycles. The van der Waals surface area contributed by atoms with Gasteiger partial charge in [-0.2, -0.15) is 0 Å². The van der Waals surface area contributed by atoms with Crippen LogP contribution in [0.25, 0.3) is 0 Å². The van der Waals surface area contributed by atoms with Crippen LogP contribution in [0, 0.1) is 0 Å². The SMILES string of the molecule is CCCCCCCCCCCCC[CH]([Na])CCCC(=O)O. The Hall–Kier alpha value is 0.470. The molecular formula is C18H35NaO2. The fourth-order valence-electron chi connectivity index (χ4n) is 2.90. The molecule has 2 nitrogen and oxygen atoms in total. The van der Waals surface area contributed by atoms with Crippen molar-refractivity contribution in [1.82, 2.24) is 0 Å². The van der Waals surface area contributed by atoms with Gasteiger partial charge in [-0.25, -0.2) is 0 Å². The van der Waals surface area contributed by atoms with E-state index in [-0.39, 0.29) is 0 Å². The monoisotopic (exact) mass is 306 g/mol. The number of carboxylic acids is 1. The van der Waals surface area contributed by atoms with Gasteiger partial charge in [-0.05, 0) is 0 Å². The van der Waals surface area contributed by atoms with Crippen molar-refractivity contribution in [2.75, 3.05) is 0 Å². The molecule has 1 unspecified atom stereocenters. The van der Waals surface area contributed by atoms with Crippen molar-refractivity contribution in [2.24, 2.45) is 0 Å². The number of aliphatic carboxylic acids is 1. The van der Waals surface area contributed by atoms with E-state index >= 15 is 0 Å². The van der Waals surface area contributed by atoms with Gasteiger partial charge in [0.25, 0.3) is 0 Å². The van der Waals surface area contributed by atoms with Crippen molar-refractivity contribution in [1.29, 1.82) is 0 Å². The molecule has 0 radical (unpaired) electrons. The Labute approximate surface area is 149 Å². The maximum absolute atomic E-state index is 10.5. The normalized spacial score (nSPS) is 12.5. The first-order valence-electron chi connectivity index (χ1n) is 9.38. The zero-order valence-electron chi connectivity index (χ0n) is 14.5. The van der Waals surface area contributed by atoms with Gasteiger partial charge in [0.15, 0.2) is 0 Å². The van der Waals surface area contributed by atoms with Gasteiger partial charge in [0.2, 0.25) is 0 Å². The molecule has 120 valence electrons. The first-order chi connectivity index (χ1) is 10.2. The summed E-state index contributed by atoms with van der Waals surface area (Å²) >= 11 is 1.23. The third-order valence-electron chi connectivity index (χ3n) is 4.39. The molecule has 0 aliphatic heterocycles. The zero-order chi connectivity index (χ0) is 15.8. The van der Waals surface area contributed by atoms with Crippen LogP contribution < -0.4 is 0 Å². The molecule has 1 atom stereocenters. The summed E-state index contributed by atoms with van der Waals surface area (Å²) in [5.74, 6) is -0.640. The van der Waals surface area contributed by atoms with E-state index in [1.54, 1.807) is 0 Å². The molecule has 0 aromatic rings. The minimum absolute atomic E-state index is 0.358. The summed E-state index contributed by atoms with van der Waals surface area (Å²) in [6, 6.07) is 0. The van der Waals surface area contributed by atoms with Crippen molar-refractivity contribution in [3.63, 3.8) is 0 Å². The quantitative estimate of drug-likeness (QED) is 0.285. The van der Waals surface area contributed by atoms with E-state index in [0.29, 0.717) is 6.42 Å². The van der Waals surface area contributed by atoms with Crippen molar-refractivity contribution < 1.29 is 9.90 Å². The van der Waals surface area contributed by atoms with Crippen LogP contribution in [0.1, 0.15) is 103 Å². The van der Waals surface area contributed by atoms with Gasteiger partial charge < -0.3 is 0 Å². The predicted molar refractivity (Wildman–Crippen MR) is 92.1 cm³/mol. The molecule has 3 heteroatoms. The summed E-state index contributed by atoms with van der Waals surface area (Å²) in [6.07, 6.45) is 19.2. The van der Waals surface area contributed by atoms with Crippen LogP contribution in [0.5, 0.6) is 0 Å². The molecule has 0 aliphatic rings. The summed E-state index contributed by atoms with van der Waals surface area (Å²) in [5, 5.41) is 8.61. The summed E-state index contributed by atoms with van der Waals surface area (Å²) in [5.41, 5.74) is 0. The third kappa shape index (κ3) is 18.4. The maximum atomic E-state index is 10.5. The van der Waals surface area contributed by atoms with Crippen LogP contribution in [0.4, 0.5) is 0 Å². The Balaban J connectivity index is 3.12. The summed E-state index contributed by atoms with van der Waals surface area (Å²) < 4.78 is 0.836. The molecule has 0 aromatic heterocycles. The molecule has 1 N–H and O–H groups in total. The second-order valence-corrected chi connectivity index (χ2v) is 8.35. The first kappa shape index (κ1) is 21.5. The van der Waals surface area contributed by atoms with Crippen molar-refractivity contribution in [2.45, 2.75) is 106 Å². The van der Waals surface area contributed by atoms with Crippen molar-refractivity contribution in [3.05, 3.63) is 0 Å².